The van der Waals surface area contributed by atoms with E-state index in [1.807, 2.05) is 13.8 Å². The number of urea groups is 1. The van der Waals surface area contributed by atoms with Crippen LogP contribution in [0.2, 0.25) is 5.02 Å². The zero-order chi connectivity index (χ0) is 22.5. The van der Waals surface area contributed by atoms with Crippen molar-refractivity contribution in [2.45, 2.75) is 33.4 Å². The van der Waals surface area contributed by atoms with Crippen LogP contribution in [0.25, 0.3) is 0 Å². The molecule has 0 radical (unpaired) electrons. The van der Waals surface area contributed by atoms with E-state index < -0.39 is 0 Å². The van der Waals surface area contributed by atoms with Crippen LogP contribution in [0, 0.1) is 0 Å². The van der Waals surface area contributed by atoms with Gasteiger partial charge < -0.3 is 20.0 Å². The van der Waals surface area contributed by atoms with Gasteiger partial charge in [0.1, 0.15) is 10.7 Å². The van der Waals surface area contributed by atoms with Crippen LogP contribution in [0.15, 0.2) is 29.6 Å². The average molecular weight is 464 g/mol. The lowest BCUT2D eigenvalue weighted by Gasteiger charge is -2.33. The van der Waals surface area contributed by atoms with Crippen molar-refractivity contribution in [2.75, 3.05) is 31.5 Å². The average Bonchev–Trinajstić information content (AvgIpc) is 3.20. The molecular weight excluding hydrogens is 438 g/mol. The largest absolute Gasteiger partial charge is 0.339 e. The summed E-state index contributed by atoms with van der Waals surface area (Å²) >= 11 is 7.34. The molecule has 0 bridgehead atoms. The van der Waals surface area contributed by atoms with Gasteiger partial charge in [-0.2, -0.15) is 0 Å². The van der Waals surface area contributed by atoms with Gasteiger partial charge in [0.05, 0.1) is 6.54 Å². The first-order chi connectivity index (χ1) is 14.7. The predicted molar refractivity (Wildman–Crippen MR) is 121 cm³/mol. The van der Waals surface area contributed by atoms with Gasteiger partial charge in [0, 0.05) is 55.2 Å². The van der Waals surface area contributed by atoms with Gasteiger partial charge in [0.2, 0.25) is 5.91 Å². The third kappa shape index (κ3) is 5.95. The maximum absolute atomic E-state index is 12.8. The van der Waals surface area contributed by atoms with Gasteiger partial charge in [-0.1, -0.05) is 17.7 Å². The van der Waals surface area contributed by atoms with E-state index in [1.165, 1.54) is 18.3 Å². The van der Waals surface area contributed by atoms with Gasteiger partial charge in [-0.15, -0.1) is 11.3 Å². The molecule has 0 unspecified atom stereocenters. The summed E-state index contributed by atoms with van der Waals surface area (Å²) in [6.07, 6.45) is 0. The van der Waals surface area contributed by atoms with Crippen molar-refractivity contribution >= 4 is 46.5 Å². The highest BCUT2D eigenvalue weighted by Crippen LogP contribution is 2.19. The first-order valence-corrected chi connectivity index (χ1v) is 11.3. The lowest BCUT2D eigenvalue weighted by Crippen LogP contribution is -2.50. The quantitative estimate of drug-likeness (QED) is 0.734. The van der Waals surface area contributed by atoms with E-state index in [1.54, 1.807) is 44.3 Å². The molecule has 3 rings (SSSR count). The Balaban J connectivity index is 1.63. The maximum Gasteiger partial charge on any atom is 0.322 e. The van der Waals surface area contributed by atoms with E-state index in [0.29, 0.717) is 54.1 Å². The number of hydrogen-bond acceptors (Lipinski definition) is 5. The Kier molecular flexibility index (Phi) is 7.50. The summed E-state index contributed by atoms with van der Waals surface area (Å²) in [7, 11) is 0. The fraction of sp³-hybridized carbons (Fsp3) is 0.429. The van der Waals surface area contributed by atoms with Crippen LogP contribution in [0.5, 0.6) is 0 Å². The number of anilines is 1. The Labute approximate surface area is 190 Å². The van der Waals surface area contributed by atoms with E-state index in [9.17, 15) is 14.4 Å². The molecule has 1 N–H and O–H groups in total. The molecule has 1 aliphatic rings. The molecule has 8 nitrogen and oxygen atoms in total. The minimum Gasteiger partial charge on any atom is -0.339 e. The van der Waals surface area contributed by atoms with Gasteiger partial charge in [0.15, 0.2) is 0 Å². The van der Waals surface area contributed by atoms with Gasteiger partial charge in [-0.3, -0.25) is 9.59 Å². The van der Waals surface area contributed by atoms with E-state index in [0.717, 1.165) is 0 Å². The zero-order valence-electron chi connectivity index (χ0n) is 17.8. The van der Waals surface area contributed by atoms with Crippen LogP contribution >= 0.6 is 22.9 Å². The van der Waals surface area contributed by atoms with Crippen molar-refractivity contribution in [2.24, 2.45) is 0 Å². The van der Waals surface area contributed by atoms with Gasteiger partial charge in [-0.05, 0) is 32.0 Å². The van der Waals surface area contributed by atoms with Gasteiger partial charge in [0.25, 0.3) is 5.91 Å². The zero-order valence-corrected chi connectivity index (χ0v) is 19.4. The molecule has 166 valence electrons. The fourth-order valence-corrected chi connectivity index (χ4v) is 4.22. The number of carbonyl (C=O) groups is 3. The first-order valence-electron chi connectivity index (χ1n) is 10.1. The Bertz CT molecular complexity index is 956. The number of thiazole rings is 1. The van der Waals surface area contributed by atoms with Crippen LogP contribution < -0.4 is 5.32 Å². The molecule has 0 saturated carbocycles. The van der Waals surface area contributed by atoms with E-state index in [4.69, 9.17) is 11.6 Å². The van der Waals surface area contributed by atoms with Crippen molar-refractivity contribution in [3.05, 3.63) is 45.4 Å². The molecule has 4 amide bonds. The number of rotatable bonds is 5. The Morgan fingerprint density at radius 2 is 1.87 bits per heavy atom. The maximum atomic E-state index is 12.8. The minimum absolute atomic E-state index is 0.0212. The summed E-state index contributed by atoms with van der Waals surface area (Å²) in [4.78, 5) is 46.6. The molecule has 31 heavy (non-hydrogen) atoms. The highest BCUT2D eigenvalue weighted by Gasteiger charge is 2.26. The molecule has 0 aliphatic carbocycles. The Hall–Kier alpha value is -2.65. The number of halogens is 1. The van der Waals surface area contributed by atoms with Crippen molar-refractivity contribution in [1.29, 1.82) is 0 Å². The molecule has 1 fully saturated rings. The number of aromatic nitrogens is 1. The molecule has 0 spiro atoms. The summed E-state index contributed by atoms with van der Waals surface area (Å²) in [5, 5.41) is 5.80. The monoisotopic (exact) mass is 463 g/mol. The number of benzene rings is 1. The standard InChI is InChI=1S/C21H26ClN5O3S/c1-14(2)27(21(30)23-17-6-4-5-16(22)11-17)12-19-24-18(13-31-19)20(29)26-9-7-25(8-10-26)15(3)28/h4-6,11,13-14H,7-10,12H2,1-3H3,(H,23,30). The van der Waals surface area contributed by atoms with Crippen LogP contribution in [0.3, 0.4) is 0 Å². The molecular formula is C21H26ClN5O3S. The molecule has 2 aromatic rings. The van der Waals surface area contributed by atoms with Gasteiger partial charge >= 0.3 is 6.03 Å². The highest BCUT2D eigenvalue weighted by atomic mass is 35.5. The summed E-state index contributed by atoms with van der Waals surface area (Å²) < 4.78 is 0. The lowest BCUT2D eigenvalue weighted by molar-refractivity contribution is -0.130. The lowest BCUT2D eigenvalue weighted by atomic mass is 10.3. The number of carbonyl (C=O) groups excluding carboxylic acids is 3. The summed E-state index contributed by atoms with van der Waals surface area (Å²) in [5.41, 5.74) is 0.984. The van der Waals surface area contributed by atoms with E-state index in [-0.39, 0.29) is 23.9 Å². The van der Waals surface area contributed by atoms with E-state index >= 15 is 0 Å². The third-order valence-corrected chi connectivity index (χ3v) is 6.12. The first kappa shape index (κ1) is 23.0. The molecule has 1 aromatic heterocycles. The fourth-order valence-electron chi connectivity index (χ4n) is 3.26. The highest BCUT2D eigenvalue weighted by molar-refractivity contribution is 7.09. The Morgan fingerprint density at radius 3 is 2.48 bits per heavy atom. The number of nitrogens with one attached hydrogen (secondary N) is 1. The van der Waals surface area contributed by atoms with Crippen molar-refractivity contribution in [3.8, 4) is 0 Å². The Morgan fingerprint density at radius 1 is 1.19 bits per heavy atom. The van der Waals surface area contributed by atoms with Crippen molar-refractivity contribution in [1.82, 2.24) is 19.7 Å². The number of nitrogens with zero attached hydrogens (tertiary/aromatic N) is 4. The van der Waals surface area contributed by atoms with Crippen LogP contribution in [0.4, 0.5) is 10.5 Å². The van der Waals surface area contributed by atoms with Crippen molar-refractivity contribution < 1.29 is 14.4 Å². The van der Waals surface area contributed by atoms with Gasteiger partial charge in [-0.25, -0.2) is 9.78 Å². The summed E-state index contributed by atoms with van der Waals surface area (Å²) in [5.74, 6) is -0.127. The van der Waals surface area contributed by atoms with Crippen LogP contribution in [-0.4, -0.2) is 69.8 Å². The number of amides is 4. The van der Waals surface area contributed by atoms with Crippen LogP contribution in [-0.2, 0) is 11.3 Å². The van der Waals surface area contributed by atoms with Crippen LogP contribution in [0.1, 0.15) is 36.3 Å². The number of hydrogen-bond donors (Lipinski definition) is 1. The smallest absolute Gasteiger partial charge is 0.322 e. The molecule has 2 heterocycles. The number of piperazine rings is 1. The molecule has 1 aliphatic heterocycles. The normalized spacial score (nSPS) is 14.0. The second kappa shape index (κ2) is 10.1. The summed E-state index contributed by atoms with van der Waals surface area (Å²) in [6.45, 7) is 7.72. The van der Waals surface area contributed by atoms with E-state index in [2.05, 4.69) is 10.3 Å². The SMILES string of the molecule is CC(=O)N1CCN(C(=O)c2csc(CN(C(=O)Nc3cccc(Cl)c3)C(C)C)n2)CC1. The summed E-state index contributed by atoms with van der Waals surface area (Å²) in [6, 6.07) is 6.64. The van der Waals surface area contributed by atoms with Crippen molar-refractivity contribution in [3.63, 3.8) is 0 Å². The molecule has 1 aromatic carbocycles. The minimum atomic E-state index is -0.263. The topological polar surface area (TPSA) is 85.9 Å². The molecule has 1 saturated heterocycles. The molecule has 10 heteroatoms. The predicted octanol–water partition coefficient (Wildman–Crippen LogP) is 3.54. The second-order valence-corrected chi connectivity index (χ2v) is 8.97. The second-order valence-electron chi connectivity index (χ2n) is 7.59. The third-order valence-electron chi connectivity index (χ3n) is 5.05. The molecule has 0 atom stereocenters.